The van der Waals surface area contributed by atoms with Gasteiger partial charge in [0.15, 0.2) is 0 Å². The number of hydrogen-bond donors (Lipinski definition) is 0. The first-order chi connectivity index (χ1) is 14.2. The molecule has 0 aliphatic carbocycles. The van der Waals surface area contributed by atoms with E-state index in [1.807, 2.05) is 6.08 Å². The van der Waals surface area contributed by atoms with Gasteiger partial charge in [-0.2, -0.15) is 12.2 Å². The van der Waals surface area contributed by atoms with Crippen LogP contribution in [0.25, 0.3) is 0 Å². The van der Waals surface area contributed by atoms with Gasteiger partial charge in [-0.3, -0.25) is 4.90 Å². The first kappa shape index (κ1) is 22.5. The molecule has 0 amide bonds. The molecule has 0 unspecified atom stereocenters. The summed E-state index contributed by atoms with van der Waals surface area (Å²) in [6.45, 7) is 13.4. The van der Waals surface area contributed by atoms with Crippen molar-refractivity contribution in [3.8, 4) is 0 Å². The average molecular weight is 450 g/mol. The highest BCUT2D eigenvalue weighted by Crippen LogP contribution is 2.27. The van der Waals surface area contributed by atoms with Crippen LogP contribution in [-0.4, -0.2) is 55.5 Å². The summed E-state index contributed by atoms with van der Waals surface area (Å²) in [7, 11) is -3.91. The van der Waals surface area contributed by atoms with Crippen molar-refractivity contribution in [1.29, 1.82) is 0 Å². The van der Waals surface area contributed by atoms with Gasteiger partial charge in [-0.15, -0.1) is 6.58 Å². The zero-order valence-electron chi connectivity index (χ0n) is 17.6. The lowest BCUT2D eigenvalue weighted by Crippen LogP contribution is -2.52. The molecule has 0 N–H and O–H groups in total. The Balaban J connectivity index is 1.73. The number of sulfonamides is 1. The molecule has 2 heterocycles. The summed E-state index contributed by atoms with van der Waals surface area (Å²) in [5, 5.41) is 0. The summed E-state index contributed by atoms with van der Waals surface area (Å²) in [6.07, 6.45) is 4.79. The zero-order valence-corrected chi connectivity index (χ0v) is 19.1. The topological polar surface area (TPSA) is 69.6 Å². The van der Waals surface area contributed by atoms with Gasteiger partial charge >= 0.3 is 0 Å². The van der Waals surface area contributed by atoms with Gasteiger partial charge in [0.2, 0.25) is 5.95 Å². The molecule has 7 nitrogen and oxygen atoms in total. The van der Waals surface area contributed by atoms with Gasteiger partial charge in [0, 0.05) is 44.0 Å². The Hall–Kier alpha value is -2.16. The summed E-state index contributed by atoms with van der Waals surface area (Å²) in [4.78, 5) is 13.3. The molecule has 30 heavy (non-hydrogen) atoms. The SMILES string of the molecule is C=CCN1CCN(c2ncc(N(Cl)S(=O)(=O)c3ccc(C(C)C)cc3)cn2)C[C@@H]1C. The van der Waals surface area contributed by atoms with Gasteiger partial charge in [-0.05, 0) is 30.5 Å². The maximum atomic E-state index is 12.9. The molecular weight excluding hydrogens is 422 g/mol. The third-order valence-electron chi connectivity index (χ3n) is 5.29. The van der Waals surface area contributed by atoms with Crippen molar-refractivity contribution >= 4 is 33.4 Å². The number of piperazine rings is 1. The Kier molecular flexibility index (Phi) is 7.00. The molecule has 3 rings (SSSR count). The van der Waals surface area contributed by atoms with E-state index in [0.29, 0.717) is 21.7 Å². The minimum Gasteiger partial charge on any atom is -0.338 e. The second-order valence-electron chi connectivity index (χ2n) is 7.76. The number of halogens is 1. The standard InChI is InChI=1S/C21H28ClN5O2S/c1-5-10-25-11-12-26(15-17(25)4)21-23-13-19(14-24-21)27(22)30(28,29)20-8-6-18(7-9-20)16(2)3/h5-9,13-14,16-17H,1,10-12,15H2,2-4H3/t17-/m0/s1. The van der Waals surface area contributed by atoms with Crippen LogP contribution in [0.2, 0.25) is 0 Å². The van der Waals surface area contributed by atoms with E-state index in [4.69, 9.17) is 11.8 Å². The smallest absolute Gasteiger partial charge is 0.278 e. The second kappa shape index (κ2) is 9.32. The third-order valence-corrected chi connectivity index (χ3v) is 7.54. The lowest BCUT2D eigenvalue weighted by atomic mass is 10.0. The van der Waals surface area contributed by atoms with E-state index in [9.17, 15) is 8.42 Å². The number of nitrogens with zero attached hydrogens (tertiary/aromatic N) is 5. The fourth-order valence-electron chi connectivity index (χ4n) is 3.44. The van der Waals surface area contributed by atoms with Gasteiger partial charge in [0.1, 0.15) is 5.69 Å². The van der Waals surface area contributed by atoms with Crippen molar-refractivity contribution in [1.82, 2.24) is 14.9 Å². The quantitative estimate of drug-likeness (QED) is 0.474. The molecule has 0 bridgehead atoms. The minimum atomic E-state index is -3.91. The predicted molar refractivity (Wildman–Crippen MR) is 122 cm³/mol. The Morgan fingerprint density at radius 3 is 2.40 bits per heavy atom. The molecule has 0 spiro atoms. The number of anilines is 2. The molecule has 1 fully saturated rings. The Bertz CT molecular complexity index is 964. The number of rotatable bonds is 7. The molecular formula is C21H28ClN5O2S. The molecule has 1 atom stereocenters. The zero-order chi connectivity index (χ0) is 21.9. The monoisotopic (exact) mass is 449 g/mol. The molecule has 1 aliphatic heterocycles. The molecule has 0 saturated carbocycles. The lowest BCUT2D eigenvalue weighted by molar-refractivity contribution is 0.209. The Labute approximate surface area is 184 Å². The lowest BCUT2D eigenvalue weighted by Gasteiger charge is -2.39. The van der Waals surface area contributed by atoms with Crippen molar-refractivity contribution in [3.05, 3.63) is 54.9 Å². The maximum Gasteiger partial charge on any atom is 0.278 e. The van der Waals surface area contributed by atoms with Crippen molar-refractivity contribution in [2.45, 2.75) is 37.6 Å². The fraction of sp³-hybridized carbons (Fsp3) is 0.429. The molecule has 1 saturated heterocycles. The normalized spacial score (nSPS) is 17.9. The number of aromatic nitrogens is 2. The highest BCUT2D eigenvalue weighted by molar-refractivity contribution is 7.94. The average Bonchev–Trinajstić information content (AvgIpc) is 2.75. The van der Waals surface area contributed by atoms with Crippen LogP contribution < -0.4 is 8.72 Å². The van der Waals surface area contributed by atoms with Gasteiger partial charge < -0.3 is 4.90 Å². The third kappa shape index (κ3) is 4.77. The van der Waals surface area contributed by atoms with Crippen LogP contribution in [0.1, 0.15) is 32.3 Å². The Morgan fingerprint density at radius 2 is 1.87 bits per heavy atom. The van der Waals surface area contributed by atoms with E-state index in [2.05, 4.69) is 47.1 Å². The molecule has 1 aromatic heterocycles. The van der Waals surface area contributed by atoms with Crippen LogP contribution >= 0.6 is 11.8 Å². The van der Waals surface area contributed by atoms with Crippen LogP contribution in [0, 0.1) is 0 Å². The highest BCUT2D eigenvalue weighted by Gasteiger charge is 2.27. The summed E-state index contributed by atoms with van der Waals surface area (Å²) in [5.74, 6) is 0.878. The van der Waals surface area contributed by atoms with Gasteiger partial charge in [0.05, 0.1) is 17.3 Å². The molecule has 0 radical (unpaired) electrons. The molecule has 2 aromatic rings. The van der Waals surface area contributed by atoms with Crippen LogP contribution in [0.15, 0.2) is 54.2 Å². The number of hydrogen-bond acceptors (Lipinski definition) is 6. The first-order valence-electron chi connectivity index (χ1n) is 9.97. The van der Waals surface area contributed by atoms with E-state index in [0.717, 1.165) is 31.7 Å². The fourth-order valence-corrected chi connectivity index (χ4v) is 4.80. The van der Waals surface area contributed by atoms with Crippen LogP contribution in [0.5, 0.6) is 0 Å². The van der Waals surface area contributed by atoms with E-state index in [-0.39, 0.29) is 10.6 Å². The number of benzene rings is 1. The van der Waals surface area contributed by atoms with Gasteiger partial charge in [0.25, 0.3) is 10.0 Å². The summed E-state index contributed by atoms with van der Waals surface area (Å²) >= 11 is 6.19. The predicted octanol–water partition coefficient (Wildman–Crippen LogP) is 3.65. The first-order valence-corrected chi connectivity index (χ1v) is 11.7. The molecule has 162 valence electrons. The molecule has 1 aromatic carbocycles. The van der Waals surface area contributed by atoms with Gasteiger partial charge in [-0.25, -0.2) is 9.97 Å². The van der Waals surface area contributed by atoms with Gasteiger partial charge in [-0.1, -0.05) is 32.1 Å². The van der Waals surface area contributed by atoms with E-state index in [1.54, 1.807) is 24.3 Å². The summed E-state index contributed by atoms with van der Waals surface area (Å²) in [6, 6.07) is 7.09. The van der Waals surface area contributed by atoms with Crippen molar-refractivity contribution < 1.29 is 8.42 Å². The van der Waals surface area contributed by atoms with Crippen LogP contribution in [-0.2, 0) is 10.0 Å². The minimum absolute atomic E-state index is 0.123. The van der Waals surface area contributed by atoms with Crippen molar-refractivity contribution in [2.75, 3.05) is 34.9 Å². The van der Waals surface area contributed by atoms with Crippen LogP contribution in [0.3, 0.4) is 0 Å². The van der Waals surface area contributed by atoms with Crippen molar-refractivity contribution in [2.24, 2.45) is 0 Å². The molecule has 9 heteroatoms. The van der Waals surface area contributed by atoms with E-state index >= 15 is 0 Å². The molecule has 1 aliphatic rings. The van der Waals surface area contributed by atoms with E-state index in [1.165, 1.54) is 12.4 Å². The Morgan fingerprint density at radius 1 is 1.23 bits per heavy atom. The van der Waals surface area contributed by atoms with Crippen LogP contribution in [0.4, 0.5) is 11.6 Å². The highest BCUT2D eigenvalue weighted by atomic mass is 35.5. The second-order valence-corrected chi connectivity index (χ2v) is 10.1. The maximum absolute atomic E-state index is 12.9. The van der Waals surface area contributed by atoms with E-state index < -0.39 is 10.0 Å². The van der Waals surface area contributed by atoms with Crippen molar-refractivity contribution in [3.63, 3.8) is 0 Å². The summed E-state index contributed by atoms with van der Waals surface area (Å²) < 4.78 is 26.4. The summed E-state index contributed by atoms with van der Waals surface area (Å²) in [5.41, 5.74) is 1.26. The largest absolute Gasteiger partial charge is 0.338 e.